The SMILES string of the molecule is O=C(O)C1(Sc2ccc(Cl)cc2)CC2(CC2)C1. The number of rotatable bonds is 3. The van der Waals surface area contributed by atoms with Crippen molar-refractivity contribution in [1.82, 2.24) is 0 Å². The third kappa shape index (κ3) is 1.95. The lowest BCUT2D eigenvalue weighted by Gasteiger charge is -2.44. The highest BCUT2D eigenvalue weighted by molar-refractivity contribution is 8.01. The number of benzene rings is 1. The molecule has 0 radical (unpaired) electrons. The summed E-state index contributed by atoms with van der Waals surface area (Å²) in [6.45, 7) is 0. The maximum atomic E-state index is 11.4. The molecule has 0 atom stereocenters. The quantitative estimate of drug-likeness (QED) is 0.905. The second-order valence-corrected chi connectivity index (χ2v) is 7.10. The fraction of sp³-hybridized carbons (Fsp3) is 0.462. The molecule has 0 amide bonds. The first-order valence-electron chi connectivity index (χ1n) is 5.72. The van der Waals surface area contributed by atoms with Crippen molar-refractivity contribution in [3.8, 4) is 0 Å². The van der Waals surface area contributed by atoms with Crippen molar-refractivity contribution in [2.45, 2.75) is 35.3 Å². The fourth-order valence-corrected chi connectivity index (χ4v) is 4.38. The van der Waals surface area contributed by atoms with Crippen LogP contribution in [0.5, 0.6) is 0 Å². The van der Waals surface area contributed by atoms with Gasteiger partial charge in [-0.1, -0.05) is 11.6 Å². The van der Waals surface area contributed by atoms with Crippen molar-refractivity contribution in [3.63, 3.8) is 0 Å². The summed E-state index contributed by atoms with van der Waals surface area (Å²) < 4.78 is -0.593. The van der Waals surface area contributed by atoms with Gasteiger partial charge in [-0.3, -0.25) is 4.79 Å². The zero-order chi connectivity index (χ0) is 12.1. The molecule has 0 aliphatic heterocycles. The summed E-state index contributed by atoms with van der Waals surface area (Å²) in [7, 11) is 0. The van der Waals surface area contributed by atoms with Gasteiger partial charge in [0.2, 0.25) is 0 Å². The second kappa shape index (κ2) is 3.66. The first-order valence-corrected chi connectivity index (χ1v) is 6.91. The minimum atomic E-state index is -0.671. The number of halogens is 1. The molecule has 1 N–H and O–H groups in total. The molecule has 0 saturated heterocycles. The average Bonchev–Trinajstić information content (AvgIpc) is 3.00. The molecule has 1 aromatic carbocycles. The van der Waals surface area contributed by atoms with Crippen LogP contribution < -0.4 is 0 Å². The van der Waals surface area contributed by atoms with E-state index in [-0.39, 0.29) is 0 Å². The molecule has 0 bridgehead atoms. The van der Waals surface area contributed by atoms with Crippen LogP contribution in [0.15, 0.2) is 29.2 Å². The highest BCUT2D eigenvalue weighted by Gasteiger charge is 2.64. The molecule has 1 spiro atoms. The van der Waals surface area contributed by atoms with Crippen LogP contribution in [0, 0.1) is 5.41 Å². The maximum absolute atomic E-state index is 11.4. The first kappa shape index (κ1) is 11.4. The molecule has 4 heteroatoms. The van der Waals surface area contributed by atoms with Gasteiger partial charge in [-0.05, 0) is 55.4 Å². The van der Waals surface area contributed by atoms with Gasteiger partial charge in [0, 0.05) is 9.92 Å². The fourth-order valence-electron chi connectivity index (χ4n) is 2.69. The Labute approximate surface area is 109 Å². The van der Waals surface area contributed by atoms with Gasteiger partial charge in [0.15, 0.2) is 0 Å². The van der Waals surface area contributed by atoms with E-state index in [1.807, 2.05) is 24.3 Å². The molecule has 2 fully saturated rings. The van der Waals surface area contributed by atoms with Gasteiger partial charge < -0.3 is 5.11 Å². The van der Waals surface area contributed by atoms with E-state index in [0.717, 1.165) is 17.7 Å². The molecule has 1 aromatic rings. The van der Waals surface area contributed by atoms with Crippen LogP contribution in [0.1, 0.15) is 25.7 Å². The number of thioether (sulfide) groups is 1. The van der Waals surface area contributed by atoms with E-state index in [9.17, 15) is 9.90 Å². The Morgan fingerprint density at radius 3 is 2.29 bits per heavy atom. The Balaban J connectivity index is 1.77. The van der Waals surface area contributed by atoms with Crippen molar-refractivity contribution in [3.05, 3.63) is 29.3 Å². The van der Waals surface area contributed by atoms with Gasteiger partial charge in [0.1, 0.15) is 4.75 Å². The number of hydrogen-bond acceptors (Lipinski definition) is 2. The lowest BCUT2D eigenvalue weighted by Crippen LogP contribution is -2.48. The average molecular weight is 269 g/mol. The predicted molar refractivity (Wildman–Crippen MR) is 68.6 cm³/mol. The molecular weight excluding hydrogens is 256 g/mol. The van der Waals surface area contributed by atoms with Crippen LogP contribution in [0.25, 0.3) is 0 Å². The monoisotopic (exact) mass is 268 g/mol. The highest BCUT2D eigenvalue weighted by atomic mass is 35.5. The Morgan fingerprint density at radius 1 is 1.24 bits per heavy atom. The smallest absolute Gasteiger partial charge is 0.320 e. The Bertz CT molecular complexity index is 457. The van der Waals surface area contributed by atoms with Crippen molar-refractivity contribution in [1.29, 1.82) is 0 Å². The van der Waals surface area contributed by atoms with E-state index in [1.54, 1.807) is 0 Å². The molecular formula is C13H13ClO2S. The Kier molecular flexibility index (Phi) is 2.46. The summed E-state index contributed by atoms with van der Waals surface area (Å²) in [5.74, 6) is -0.671. The normalized spacial score (nSPS) is 23.1. The van der Waals surface area contributed by atoms with Crippen molar-refractivity contribution < 1.29 is 9.90 Å². The molecule has 0 unspecified atom stereocenters. The maximum Gasteiger partial charge on any atom is 0.320 e. The Hall–Kier alpha value is -0.670. The van der Waals surface area contributed by atoms with Crippen LogP contribution in [-0.2, 0) is 4.79 Å². The largest absolute Gasteiger partial charge is 0.480 e. The summed E-state index contributed by atoms with van der Waals surface area (Å²) in [6.07, 6.45) is 4.07. The van der Waals surface area contributed by atoms with E-state index in [0.29, 0.717) is 10.4 Å². The van der Waals surface area contributed by atoms with Gasteiger partial charge in [-0.25, -0.2) is 0 Å². The molecule has 90 valence electrons. The minimum Gasteiger partial charge on any atom is -0.480 e. The van der Waals surface area contributed by atoms with E-state index < -0.39 is 10.7 Å². The zero-order valence-corrected chi connectivity index (χ0v) is 10.9. The Morgan fingerprint density at radius 2 is 1.82 bits per heavy atom. The number of carbonyl (C=O) groups is 1. The molecule has 2 aliphatic rings. The van der Waals surface area contributed by atoms with Gasteiger partial charge in [-0.15, -0.1) is 11.8 Å². The molecule has 2 aliphatic carbocycles. The lowest BCUT2D eigenvalue weighted by atomic mass is 9.71. The second-order valence-electron chi connectivity index (χ2n) is 5.21. The van der Waals surface area contributed by atoms with Gasteiger partial charge in [0.25, 0.3) is 0 Å². The van der Waals surface area contributed by atoms with E-state index in [1.165, 1.54) is 24.6 Å². The summed E-state index contributed by atoms with van der Waals surface area (Å²) >= 11 is 7.30. The van der Waals surface area contributed by atoms with Crippen molar-refractivity contribution >= 4 is 29.3 Å². The number of aliphatic carboxylic acids is 1. The zero-order valence-electron chi connectivity index (χ0n) is 9.28. The van der Waals surface area contributed by atoms with Gasteiger partial charge in [0.05, 0.1) is 0 Å². The van der Waals surface area contributed by atoms with Crippen LogP contribution in [0.4, 0.5) is 0 Å². The van der Waals surface area contributed by atoms with Crippen LogP contribution in [0.3, 0.4) is 0 Å². The number of hydrogen-bond donors (Lipinski definition) is 1. The van der Waals surface area contributed by atoms with Gasteiger partial charge >= 0.3 is 5.97 Å². The van der Waals surface area contributed by atoms with E-state index in [2.05, 4.69) is 0 Å². The van der Waals surface area contributed by atoms with Crippen molar-refractivity contribution in [2.75, 3.05) is 0 Å². The highest BCUT2D eigenvalue weighted by Crippen LogP contribution is 2.69. The molecule has 0 aromatic heterocycles. The molecule has 17 heavy (non-hydrogen) atoms. The molecule has 2 saturated carbocycles. The van der Waals surface area contributed by atoms with Crippen LogP contribution >= 0.6 is 23.4 Å². The van der Waals surface area contributed by atoms with Gasteiger partial charge in [-0.2, -0.15) is 0 Å². The summed E-state index contributed by atoms with van der Waals surface area (Å²) in [5.41, 5.74) is 0.387. The third-order valence-electron chi connectivity index (χ3n) is 3.79. The first-order chi connectivity index (χ1) is 8.04. The lowest BCUT2D eigenvalue weighted by molar-refractivity contribution is -0.144. The van der Waals surface area contributed by atoms with Crippen molar-refractivity contribution in [2.24, 2.45) is 5.41 Å². The third-order valence-corrected chi connectivity index (χ3v) is 5.41. The summed E-state index contributed by atoms with van der Waals surface area (Å²) in [6, 6.07) is 7.42. The van der Waals surface area contributed by atoms with E-state index >= 15 is 0 Å². The summed E-state index contributed by atoms with van der Waals surface area (Å²) in [5, 5.41) is 10.1. The molecule has 3 rings (SSSR count). The number of carboxylic acids is 1. The molecule has 2 nitrogen and oxygen atoms in total. The molecule has 0 heterocycles. The minimum absolute atomic E-state index is 0.387. The topological polar surface area (TPSA) is 37.3 Å². The number of carboxylic acid groups (broad SMARTS) is 1. The standard InChI is InChI=1S/C13H13ClO2S/c14-9-1-3-10(4-2-9)17-13(11(15)16)7-12(8-13)5-6-12/h1-4H,5-8H2,(H,15,16). The van der Waals surface area contributed by atoms with Crippen LogP contribution in [-0.4, -0.2) is 15.8 Å². The summed E-state index contributed by atoms with van der Waals surface area (Å²) in [4.78, 5) is 12.4. The van der Waals surface area contributed by atoms with Crippen LogP contribution in [0.2, 0.25) is 5.02 Å². The van der Waals surface area contributed by atoms with E-state index in [4.69, 9.17) is 11.6 Å². The predicted octanol–water partition coefficient (Wildman–Crippen LogP) is 3.83.